The number of pyridine rings is 1. The average Bonchev–Trinajstić information content (AvgIpc) is 3.06. The Kier molecular flexibility index (Phi) is 4.98. The van der Waals surface area contributed by atoms with E-state index in [0.29, 0.717) is 37.8 Å². The van der Waals surface area contributed by atoms with Gasteiger partial charge in [-0.05, 0) is 51.3 Å². The zero-order chi connectivity index (χ0) is 23.7. The lowest BCUT2D eigenvalue weighted by molar-refractivity contribution is 0.582. The lowest BCUT2D eigenvalue weighted by atomic mass is 9.99. The summed E-state index contributed by atoms with van der Waals surface area (Å²) in [7, 11) is -1.69. The van der Waals surface area contributed by atoms with E-state index in [2.05, 4.69) is 20.9 Å². The first-order valence-corrected chi connectivity index (χ1v) is 12.8. The molecule has 0 atom stereocenters. The van der Waals surface area contributed by atoms with E-state index >= 15 is 0 Å². The van der Waals surface area contributed by atoms with Crippen molar-refractivity contribution in [1.29, 1.82) is 0 Å². The Bertz CT molecular complexity index is 1630. The van der Waals surface area contributed by atoms with Gasteiger partial charge in [-0.15, -0.1) is 0 Å². The van der Waals surface area contributed by atoms with Crippen LogP contribution in [-0.2, 0) is 29.2 Å². The van der Waals surface area contributed by atoms with Crippen LogP contribution < -0.4 is 10.5 Å². The van der Waals surface area contributed by atoms with Gasteiger partial charge in [-0.2, -0.15) is 0 Å². The number of hydrogen-bond acceptors (Lipinski definition) is 4. The predicted molar refractivity (Wildman–Crippen MR) is 127 cm³/mol. The van der Waals surface area contributed by atoms with Crippen LogP contribution >= 0.6 is 15.9 Å². The number of H-pyrrole nitrogens is 1. The van der Waals surface area contributed by atoms with Gasteiger partial charge in [0.2, 0.25) is 0 Å². The zero-order valence-electron chi connectivity index (χ0n) is 17.6. The minimum atomic E-state index is -3.32. The van der Waals surface area contributed by atoms with Crippen LogP contribution in [0.25, 0.3) is 22.0 Å². The van der Waals surface area contributed by atoms with E-state index in [1.54, 1.807) is 36.5 Å². The fourth-order valence-electron chi connectivity index (χ4n) is 4.44. The number of aryl methyl sites for hydroxylation is 1. The molecule has 0 saturated heterocycles. The van der Waals surface area contributed by atoms with Gasteiger partial charge < -0.3 is 14.5 Å². The van der Waals surface area contributed by atoms with Crippen molar-refractivity contribution in [3.8, 4) is 11.1 Å². The van der Waals surface area contributed by atoms with Crippen molar-refractivity contribution < 1.29 is 17.2 Å². The first kappa shape index (κ1) is 21.8. The largest absolute Gasteiger partial charge is 0.356 e. The van der Waals surface area contributed by atoms with Crippen LogP contribution in [0, 0.1) is 11.6 Å². The van der Waals surface area contributed by atoms with E-state index in [1.807, 2.05) is 0 Å². The molecule has 0 aliphatic carbocycles. The minimum Gasteiger partial charge on any atom is -0.356 e. The molecule has 0 unspecified atom stereocenters. The van der Waals surface area contributed by atoms with Crippen molar-refractivity contribution in [2.45, 2.75) is 12.3 Å². The molecule has 6 nitrogen and oxygen atoms in total. The molecule has 0 radical (unpaired) electrons. The molecule has 2 aromatic heterocycles. The summed E-state index contributed by atoms with van der Waals surface area (Å²) in [5.41, 5.74) is 3.58. The number of hydrogen-bond donors (Lipinski definition) is 1. The molecule has 5 rings (SSSR count). The van der Waals surface area contributed by atoms with Crippen molar-refractivity contribution in [2.24, 2.45) is 7.05 Å². The molecule has 4 aromatic rings. The summed E-state index contributed by atoms with van der Waals surface area (Å²) in [6, 6.07) is 6.81. The van der Waals surface area contributed by atoms with Crippen molar-refractivity contribution in [1.82, 2.24) is 9.55 Å². The quantitative estimate of drug-likeness (QED) is 0.411. The molecule has 0 saturated carbocycles. The molecule has 170 valence electrons. The van der Waals surface area contributed by atoms with Gasteiger partial charge in [0, 0.05) is 52.7 Å². The molecular weight excluding hydrogens is 516 g/mol. The van der Waals surface area contributed by atoms with Crippen LogP contribution in [0.3, 0.4) is 0 Å². The summed E-state index contributed by atoms with van der Waals surface area (Å²) in [5.74, 6) is -1.61. The van der Waals surface area contributed by atoms with E-state index < -0.39 is 21.5 Å². The topological polar surface area (TPSA) is 75.2 Å². The van der Waals surface area contributed by atoms with E-state index in [4.69, 9.17) is 0 Å². The number of anilines is 2. The molecule has 1 N–H and O–H groups in total. The van der Waals surface area contributed by atoms with Gasteiger partial charge in [0.05, 0.1) is 23.7 Å². The highest BCUT2D eigenvalue weighted by molar-refractivity contribution is 9.10. The van der Waals surface area contributed by atoms with E-state index in [9.17, 15) is 22.0 Å². The number of aromatic nitrogens is 2. The molecule has 33 heavy (non-hydrogen) atoms. The molecule has 2 aromatic carbocycles. The third-order valence-corrected chi connectivity index (χ3v) is 7.19. The van der Waals surface area contributed by atoms with Crippen LogP contribution in [-0.4, -0.2) is 24.2 Å². The Morgan fingerprint density at radius 1 is 1.15 bits per heavy atom. The normalized spacial score (nSPS) is 13.3. The Morgan fingerprint density at radius 2 is 1.91 bits per heavy atom. The number of nitrogens with one attached hydrogen (secondary N) is 1. The molecule has 0 bridgehead atoms. The fourth-order valence-corrected chi connectivity index (χ4v) is 5.93. The van der Waals surface area contributed by atoms with Crippen LogP contribution in [0.15, 0.2) is 52.0 Å². The molecule has 0 fully saturated rings. The maximum Gasteiger partial charge on any atom is 0.274 e. The number of fused-ring (bicyclic) bond motifs is 2. The molecule has 0 spiro atoms. The number of aromatic amines is 1. The van der Waals surface area contributed by atoms with Gasteiger partial charge in [-0.3, -0.25) is 4.79 Å². The Hall–Kier alpha value is -2.98. The highest BCUT2D eigenvalue weighted by Gasteiger charge is 2.29. The van der Waals surface area contributed by atoms with E-state index in [1.165, 1.54) is 16.7 Å². The van der Waals surface area contributed by atoms with Crippen LogP contribution in [0.2, 0.25) is 0 Å². The maximum absolute atomic E-state index is 14.9. The molecule has 1 aliphatic heterocycles. The van der Waals surface area contributed by atoms with Crippen molar-refractivity contribution in [2.75, 3.05) is 11.2 Å². The van der Waals surface area contributed by atoms with Gasteiger partial charge in [0.1, 0.15) is 17.2 Å². The average molecular weight is 534 g/mol. The summed E-state index contributed by atoms with van der Waals surface area (Å²) in [4.78, 5) is 17.5. The first-order chi connectivity index (χ1) is 15.5. The number of sulfone groups is 1. The van der Waals surface area contributed by atoms with E-state index in [0.717, 1.165) is 17.9 Å². The lowest BCUT2D eigenvalue weighted by Gasteiger charge is -2.27. The molecule has 0 amide bonds. The smallest absolute Gasteiger partial charge is 0.274 e. The minimum absolute atomic E-state index is 0.156. The Balaban J connectivity index is 1.89. The third kappa shape index (κ3) is 3.67. The van der Waals surface area contributed by atoms with Crippen LogP contribution in [0.4, 0.5) is 20.2 Å². The summed E-state index contributed by atoms with van der Waals surface area (Å²) in [6.07, 6.45) is 4.56. The number of nitrogens with zero attached hydrogens (tertiary/aromatic N) is 2. The second-order valence-electron chi connectivity index (χ2n) is 8.25. The standard InChI is InChI=1S/C23H18BrF2N3O3S/c1-28-10-16-15-5-12(11-33(2,31)32)6-17(24)22(15)29(19-4-3-14(25)7-18(19)26)9-13-8-27-21(20(13)16)23(28)30/h3-8,10,27H,9,11H2,1-2H3. The summed E-state index contributed by atoms with van der Waals surface area (Å²) >= 11 is 3.56. The van der Waals surface area contributed by atoms with Crippen molar-refractivity contribution >= 4 is 48.0 Å². The predicted octanol–water partition coefficient (Wildman–Crippen LogP) is 4.77. The van der Waals surface area contributed by atoms with E-state index in [-0.39, 0.29) is 23.5 Å². The van der Waals surface area contributed by atoms with Gasteiger partial charge in [-0.25, -0.2) is 17.2 Å². The lowest BCUT2D eigenvalue weighted by Crippen LogP contribution is -2.18. The molecular formula is C23H18BrF2N3O3S. The fraction of sp³-hybridized carbons (Fsp3) is 0.174. The van der Waals surface area contributed by atoms with Crippen LogP contribution in [0.1, 0.15) is 11.1 Å². The molecule has 10 heteroatoms. The van der Waals surface area contributed by atoms with Gasteiger partial charge in [-0.1, -0.05) is 0 Å². The molecule has 3 heterocycles. The maximum atomic E-state index is 14.9. The van der Waals surface area contributed by atoms with Crippen LogP contribution in [0.5, 0.6) is 0 Å². The summed E-state index contributed by atoms with van der Waals surface area (Å²) < 4.78 is 54.6. The third-order valence-electron chi connectivity index (χ3n) is 5.73. The number of benzene rings is 2. The summed E-state index contributed by atoms with van der Waals surface area (Å²) in [6.45, 7) is 0.208. The monoisotopic (exact) mass is 533 g/mol. The highest BCUT2D eigenvalue weighted by atomic mass is 79.9. The summed E-state index contributed by atoms with van der Waals surface area (Å²) in [5, 5.41) is 0.688. The first-order valence-electron chi connectivity index (χ1n) is 9.96. The SMILES string of the molecule is Cn1cc2c3c(c[nH]c3c1=O)CN(c1ccc(F)cc1F)c1c(Br)cc(CS(C)(=O)=O)cc1-2. The van der Waals surface area contributed by atoms with Gasteiger partial charge in [0.15, 0.2) is 9.84 Å². The Labute approximate surface area is 196 Å². The second-order valence-corrected chi connectivity index (χ2v) is 11.2. The van der Waals surface area contributed by atoms with Gasteiger partial charge >= 0.3 is 0 Å². The Morgan fingerprint density at radius 3 is 2.61 bits per heavy atom. The zero-order valence-corrected chi connectivity index (χ0v) is 20.0. The van der Waals surface area contributed by atoms with Crippen molar-refractivity contribution in [3.05, 3.63) is 80.3 Å². The van der Waals surface area contributed by atoms with Gasteiger partial charge in [0.25, 0.3) is 5.56 Å². The van der Waals surface area contributed by atoms with Crippen molar-refractivity contribution in [3.63, 3.8) is 0 Å². The molecule has 1 aliphatic rings. The number of halogens is 3. The highest BCUT2D eigenvalue weighted by Crippen LogP contribution is 2.47. The second kappa shape index (κ2) is 7.53. The number of rotatable bonds is 3.